The first-order valence-electron chi connectivity index (χ1n) is 22.0. The minimum absolute atomic E-state index is 0.277. The van der Waals surface area contributed by atoms with Crippen molar-refractivity contribution in [2.75, 3.05) is 5.75 Å². The molecule has 3 N–H and O–H groups in total. The Balaban J connectivity index is 3.80. The fourth-order valence-electron chi connectivity index (χ4n) is 6.80. The summed E-state index contributed by atoms with van der Waals surface area (Å²) in [6.45, 7) is 4.52. The Labute approximate surface area is 317 Å². The lowest BCUT2D eigenvalue weighted by Gasteiger charge is -2.21. The molecule has 0 saturated carbocycles. The highest BCUT2D eigenvalue weighted by Gasteiger charge is 2.24. The minimum atomic E-state index is -4.34. The quantitative estimate of drug-likeness (QED) is 0.0330. The van der Waals surface area contributed by atoms with Crippen LogP contribution in [0.1, 0.15) is 232 Å². The molecular formula is C44H85NO5S. The second-order valence-electron chi connectivity index (χ2n) is 15.3. The topological polar surface area (TPSA) is 104 Å². The third kappa shape index (κ3) is 39.9. The van der Waals surface area contributed by atoms with Gasteiger partial charge in [0.15, 0.2) is 0 Å². The zero-order valence-electron chi connectivity index (χ0n) is 33.7. The van der Waals surface area contributed by atoms with Crippen LogP contribution in [-0.2, 0) is 14.9 Å². The van der Waals surface area contributed by atoms with Crippen molar-refractivity contribution in [1.29, 1.82) is 0 Å². The van der Waals surface area contributed by atoms with Gasteiger partial charge in [-0.3, -0.25) is 9.35 Å². The molecule has 2 atom stereocenters. The molecular weight excluding hydrogens is 655 g/mol. The van der Waals surface area contributed by atoms with Gasteiger partial charge in [0.1, 0.15) is 0 Å². The van der Waals surface area contributed by atoms with Gasteiger partial charge in [-0.05, 0) is 44.9 Å². The van der Waals surface area contributed by atoms with Gasteiger partial charge >= 0.3 is 0 Å². The second kappa shape index (κ2) is 38.5. The number of aliphatic hydroxyl groups excluding tert-OH is 1. The van der Waals surface area contributed by atoms with E-state index in [9.17, 15) is 22.9 Å². The van der Waals surface area contributed by atoms with E-state index in [0.29, 0.717) is 6.42 Å². The molecule has 7 heteroatoms. The van der Waals surface area contributed by atoms with Crippen molar-refractivity contribution in [3.63, 3.8) is 0 Å². The van der Waals surface area contributed by atoms with E-state index in [0.717, 1.165) is 38.5 Å². The molecule has 2 unspecified atom stereocenters. The molecule has 302 valence electrons. The average molecular weight is 740 g/mol. The van der Waals surface area contributed by atoms with Crippen LogP contribution in [0.3, 0.4) is 0 Å². The molecule has 51 heavy (non-hydrogen) atoms. The van der Waals surface area contributed by atoms with Gasteiger partial charge in [0, 0.05) is 6.42 Å². The molecule has 0 heterocycles. The zero-order valence-corrected chi connectivity index (χ0v) is 34.6. The first-order chi connectivity index (χ1) is 24.8. The van der Waals surface area contributed by atoms with E-state index in [1.807, 2.05) is 6.08 Å². The zero-order chi connectivity index (χ0) is 37.5. The third-order valence-electron chi connectivity index (χ3n) is 10.1. The van der Waals surface area contributed by atoms with Gasteiger partial charge in [-0.2, -0.15) is 8.42 Å². The molecule has 0 aliphatic heterocycles. The molecule has 0 radical (unpaired) electrons. The highest BCUT2D eigenvalue weighted by Crippen LogP contribution is 2.15. The smallest absolute Gasteiger partial charge is 0.267 e. The predicted molar refractivity (Wildman–Crippen MR) is 221 cm³/mol. The molecule has 0 aromatic heterocycles. The van der Waals surface area contributed by atoms with E-state index >= 15 is 0 Å². The molecule has 6 nitrogen and oxygen atoms in total. The number of carbonyl (C=O) groups excluding carboxylic acids is 1. The summed E-state index contributed by atoms with van der Waals surface area (Å²) < 4.78 is 32.5. The van der Waals surface area contributed by atoms with Gasteiger partial charge < -0.3 is 10.4 Å². The summed E-state index contributed by atoms with van der Waals surface area (Å²) in [6.07, 6.45) is 48.9. The number of carbonyl (C=O) groups is 1. The maximum absolute atomic E-state index is 12.5. The summed E-state index contributed by atoms with van der Waals surface area (Å²) in [5.41, 5.74) is 0. The lowest BCUT2D eigenvalue weighted by Crippen LogP contribution is -2.46. The van der Waals surface area contributed by atoms with Crippen LogP contribution in [0.15, 0.2) is 24.3 Å². The van der Waals surface area contributed by atoms with Crippen molar-refractivity contribution in [1.82, 2.24) is 5.32 Å². The highest BCUT2D eigenvalue weighted by atomic mass is 32.2. The summed E-state index contributed by atoms with van der Waals surface area (Å²) in [5, 5.41) is 13.2. The molecule has 0 aromatic carbocycles. The van der Waals surface area contributed by atoms with Crippen molar-refractivity contribution in [3.05, 3.63) is 24.3 Å². The monoisotopic (exact) mass is 740 g/mol. The van der Waals surface area contributed by atoms with Gasteiger partial charge in [0.25, 0.3) is 10.1 Å². The summed E-state index contributed by atoms with van der Waals surface area (Å²) in [4.78, 5) is 12.5. The van der Waals surface area contributed by atoms with Crippen molar-refractivity contribution in [2.45, 2.75) is 244 Å². The number of hydrogen-bond acceptors (Lipinski definition) is 4. The van der Waals surface area contributed by atoms with E-state index in [1.165, 1.54) is 173 Å². The Bertz CT molecular complexity index is 903. The van der Waals surface area contributed by atoms with Crippen LogP contribution < -0.4 is 5.32 Å². The molecule has 0 saturated heterocycles. The molecule has 0 rings (SSSR count). The highest BCUT2D eigenvalue weighted by molar-refractivity contribution is 7.85. The first-order valence-corrected chi connectivity index (χ1v) is 23.6. The molecule has 0 bridgehead atoms. The van der Waals surface area contributed by atoms with E-state index in [2.05, 4.69) is 31.3 Å². The van der Waals surface area contributed by atoms with Crippen molar-refractivity contribution < 1.29 is 22.9 Å². The number of allylic oxidation sites excluding steroid dienone is 3. The fourth-order valence-corrected chi connectivity index (χ4v) is 7.53. The number of hydrogen-bond donors (Lipinski definition) is 3. The first kappa shape index (κ1) is 49.8. The Morgan fingerprint density at radius 1 is 0.510 bits per heavy atom. The molecule has 0 aliphatic carbocycles. The second-order valence-corrected chi connectivity index (χ2v) is 16.8. The van der Waals surface area contributed by atoms with Crippen LogP contribution in [0.25, 0.3) is 0 Å². The van der Waals surface area contributed by atoms with Gasteiger partial charge in [0.2, 0.25) is 5.91 Å². The third-order valence-corrected chi connectivity index (χ3v) is 10.9. The van der Waals surface area contributed by atoms with Gasteiger partial charge in [-0.1, -0.05) is 205 Å². The summed E-state index contributed by atoms with van der Waals surface area (Å²) in [7, 11) is -4.34. The Morgan fingerprint density at radius 3 is 1.18 bits per heavy atom. The normalized spacial score (nSPS) is 13.4. The van der Waals surface area contributed by atoms with Crippen molar-refractivity contribution >= 4 is 16.0 Å². The van der Waals surface area contributed by atoms with E-state index in [1.54, 1.807) is 6.08 Å². The van der Waals surface area contributed by atoms with Gasteiger partial charge in [-0.25, -0.2) is 0 Å². The van der Waals surface area contributed by atoms with E-state index in [4.69, 9.17) is 0 Å². The summed E-state index contributed by atoms with van der Waals surface area (Å²) in [5.74, 6) is -0.973. The molecule has 0 aromatic rings. The lowest BCUT2D eigenvalue weighted by molar-refractivity contribution is -0.122. The van der Waals surface area contributed by atoms with Crippen molar-refractivity contribution in [3.8, 4) is 0 Å². The Morgan fingerprint density at radius 2 is 0.824 bits per heavy atom. The van der Waals surface area contributed by atoms with Crippen LogP contribution >= 0.6 is 0 Å². The van der Waals surface area contributed by atoms with E-state index < -0.39 is 28.0 Å². The van der Waals surface area contributed by atoms with Crippen LogP contribution in [0.2, 0.25) is 0 Å². The van der Waals surface area contributed by atoms with E-state index in [-0.39, 0.29) is 5.91 Å². The van der Waals surface area contributed by atoms with Crippen molar-refractivity contribution in [2.24, 2.45) is 0 Å². The number of nitrogens with one attached hydrogen (secondary N) is 1. The average Bonchev–Trinajstić information content (AvgIpc) is 3.09. The van der Waals surface area contributed by atoms with Crippen LogP contribution in [-0.4, -0.2) is 41.9 Å². The maximum atomic E-state index is 12.5. The number of unbranched alkanes of at least 4 members (excludes halogenated alkanes) is 30. The number of amides is 1. The number of rotatable bonds is 40. The standard InChI is InChI=1S/C44H85NO5S/c1-3-5-7-9-11-13-15-17-18-19-20-21-22-23-24-25-26-28-30-32-34-36-38-40-44(47)45-42(41-51(48,49)50)43(46)39-37-35-33-31-29-27-16-14-12-10-8-6-4-2/h19-20,37,39,42-43,46H,3-18,21-36,38,40-41H2,1-2H3,(H,45,47)(H,48,49,50)/b20-19-,39-37+. The Kier molecular flexibility index (Phi) is 37.6. The molecule has 1 amide bonds. The molecule has 0 fully saturated rings. The largest absolute Gasteiger partial charge is 0.387 e. The predicted octanol–water partition coefficient (Wildman–Crippen LogP) is 13.1. The lowest BCUT2D eigenvalue weighted by atomic mass is 10.0. The molecule has 0 spiro atoms. The van der Waals surface area contributed by atoms with Crippen LogP contribution in [0.5, 0.6) is 0 Å². The van der Waals surface area contributed by atoms with Crippen LogP contribution in [0, 0.1) is 0 Å². The SMILES string of the molecule is CCCCCCCCCC/C=C\CCCCCCCCCCCCCC(=O)NC(CS(=O)(=O)O)C(O)/C=C/CCCCCCCCCCCCC. The Hall–Kier alpha value is -1.18. The summed E-state index contributed by atoms with van der Waals surface area (Å²) in [6, 6.07) is -1.05. The molecule has 0 aliphatic rings. The minimum Gasteiger partial charge on any atom is -0.387 e. The summed E-state index contributed by atoms with van der Waals surface area (Å²) >= 11 is 0. The van der Waals surface area contributed by atoms with Gasteiger partial charge in [-0.15, -0.1) is 0 Å². The van der Waals surface area contributed by atoms with Gasteiger partial charge in [0.05, 0.1) is 17.9 Å². The maximum Gasteiger partial charge on any atom is 0.267 e. The number of aliphatic hydroxyl groups is 1. The van der Waals surface area contributed by atoms with Crippen LogP contribution in [0.4, 0.5) is 0 Å². The fraction of sp³-hybridized carbons (Fsp3) is 0.886.